The maximum absolute atomic E-state index is 12.7. The van der Waals surface area contributed by atoms with Crippen molar-refractivity contribution in [2.24, 2.45) is 0 Å². The fourth-order valence-electron chi connectivity index (χ4n) is 3.77. The fraction of sp³-hybridized carbons (Fsp3) is 0.632. The summed E-state index contributed by atoms with van der Waals surface area (Å²) in [5.74, 6) is -0.196. The summed E-state index contributed by atoms with van der Waals surface area (Å²) < 4.78 is 57.3. The number of anilines is 1. The number of ether oxygens (including phenoxy) is 1. The average Bonchev–Trinajstić information content (AvgIpc) is 2.73. The van der Waals surface area contributed by atoms with E-state index in [1.807, 2.05) is 4.90 Å². The summed E-state index contributed by atoms with van der Waals surface area (Å²) >= 11 is 0. The molecule has 0 aromatic heterocycles. The normalized spacial score (nSPS) is 21.0. The minimum absolute atomic E-state index is 0.109. The van der Waals surface area contributed by atoms with Crippen molar-refractivity contribution in [1.82, 2.24) is 13.9 Å². The molecule has 1 unspecified atom stereocenters. The van der Waals surface area contributed by atoms with Gasteiger partial charge in [0.15, 0.2) is 0 Å². The Morgan fingerprint density at radius 1 is 1.03 bits per heavy atom. The van der Waals surface area contributed by atoms with Crippen LogP contribution >= 0.6 is 0 Å². The first kappa shape index (κ1) is 24.1. The lowest BCUT2D eigenvalue weighted by molar-refractivity contribution is -0.121. The van der Waals surface area contributed by atoms with Crippen LogP contribution in [0.3, 0.4) is 0 Å². The molecule has 0 saturated carbocycles. The number of hydrogen-bond acceptors (Lipinski definition) is 7. The molecule has 2 N–H and O–H groups in total. The zero-order valence-electron chi connectivity index (χ0n) is 17.8. The Morgan fingerprint density at radius 2 is 1.61 bits per heavy atom. The van der Waals surface area contributed by atoms with Crippen LogP contribution in [0, 0.1) is 0 Å². The maximum Gasteiger partial charge on any atom is 0.243 e. The quantitative estimate of drug-likeness (QED) is 0.572. The lowest BCUT2D eigenvalue weighted by Gasteiger charge is -2.35. The van der Waals surface area contributed by atoms with E-state index in [1.54, 1.807) is 19.1 Å². The van der Waals surface area contributed by atoms with Gasteiger partial charge in [0.1, 0.15) is 0 Å². The van der Waals surface area contributed by atoms with Crippen LogP contribution in [0.25, 0.3) is 0 Å². The second-order valence-electron chi connectivity index (χ2n) is 7.91. The molecule has 0 bridgehead atoms. The molecular weight excluding hydrogens is 444 g/mol. The van der Waals surface area contributed by atoms with Gasteiger partial charge < -0.3 is 10.1 Å². The number of hydrogen-bond donors (Lipinski definition) is 2. The number of piperidine rings is 1. The van der Waals surface area contributed by atoms with Crippen molar-refractivity contribution in [3.8, 4) is 0 Å². The van der Waals surface area contributed by atoms with E-state index >= 15 is 0 Å². The number of benzene rings is 1. The van der Waals surface area contributed by atoms with E-state index in [0.717, 1.165) is 6.26 Å². The molecule has 12 heteroatoms. The summed E-state index contributed by atoms with van der Waals surface area (Å²) in [6.07, 6.45) is 2.42. The highest BCUT2D eigenvalue weighted by molar-refractivity contribution is 7.89. The first-order valence-electron chi connectivity index (χ1n) is 10.3. The number of rotatable bonds is 7. The summed E-state index contributed by atoms with van der Waals surface area (Å²) in [5, 5.41) is 2.83. The zero-order valence-corrected chi connectivity index (χ0v) is 19.4. The van der Waals surface area contributed by atoms with E-state index in [1.165, 1.54) is 16.4 Å². The second kappa shape index (κ2) is 9.92. The topological polar surface area (TPSA) is 125 Å². The first-order chi connectivity index (χ1) is 14.6. The van der Waals surface area contributed by atoms with E-state index in [0.29, 0.717) is 57.9 Å². The van der Waals surface area contributed by atoms with Crippen LogP contribution in [-0.2, 0) is 29.6 Å². The summed E-state index contributed by atoms with van der Waals surface area (Å²) in [7, 11) is -6.82. The number of likely N-dealkylation sites (tertiary alicyclic amines) is 1. The molecule has 2 saturated heterocycles. The van der Waals surface area contributed by atoms with E-state index in [4.69, 9.17) is 4.74 Å². The van der Waals surface area contributed by atoms with Gasteiger partial charge in [-0.1, -0.05) is 0 Å². The number of carbonyl (C=O) groups excluding carboxylic acids is 1. The number of morpholine rings is 1. The molecular formula is C19H30N4O6S2. The van der Waals surface area contributed by atoms with Crippen LogP contribution in [0.5, 0.6) is 0 Å². The highest BCUT2D eigenvalue weighted by Crippen LogP contribution is 2.20. The molecule has 0 aliphatic carbocycles. The van der Waals surface area contributed by atoms with Crippen molar-refractivity contribution < 1.29 is 26.4 Å². The van der Waals surface area contributed by atoms with Crippen LogP contribution in [0.2, 0.25) is 0 Å². The van der Waals surface area contributed by atoms with Crippen molar-refractivity contribution in [1.29, 1.82) is 0 Å². The third kappa shape index (κ3) is 6.46. The predicted molar refractivity (Wildman–Crippen MR) is 117 cm³/mol. The Morgan fingerprint density at radius 3 is 2.16 bits per heavy atom. The number of amides is 1. The lowest BCUT2D eigenvalue weighted by Crippen LogP contribution is -2.50. The van der Waals surface area contributed by atoms with Crippen LogP contribution in [-0.4, -0.2) is 89.7 Å². The largest absolute Gasteiger partial charge is 0.379 e. The minimum Gasteiger partial charge on any atom is -0.379 e. The van der Waals surface area contributed by atoms with E-state index in [2.05, 4.69) is 10.0 Å². The Hall–Kier alpha value is -1.57. The van der Waals surface area contributed by atoms with Crippen molar-refractivity contribution in [2.75, 3.05) is 51.0 Å². The summed E-state index contributed by atoms with van der Waals surface area (Å²) in [6, 6.07) is 5.65. The molecule has 10 nitrogen and oxygen atoms in total. The number of sulfonamides is 2. The first-order valence-corrected chi connectivity index (χ1v) is 13.6. The molecule has 0 radical (unpaired) electrons. The molecule has 2 heterocycles. The van der Waals surface area contributed by atoms with E-state index in [9.17, 15) is 21.6 Å². The monoisotopic (exact) mass is 474 g/mol. The van der Waals surface area contributed by atoms with Crippen LogP contribution in [0.1, 0.15) is 19.8 Å². The van der Waals surface area contributed by atoms with Gasteiger partial charge in [-0.15, -0.1) is 0 Å². The van der Waals surface area contributed by atoms with Gasteiger partial charge in [-0.2, -0.15) is 4.31 Å². The van der Waals surface area contributed by atoms with Gasteiger partial charge >= 0.3 is 0 Å². The zero-order chi connectivity index (χ0) is 22.6. The Balaban J connectivity index is 1.54. The van der Waals surface area contributed by atoms with E-state index in [-0.39, 0.29) is 16.8 Å². The molecule has 31 heavy (non-hydrogen) atoms. The number of nitrogens with zero attached hydrogens (tertiary/aromatic N) is 2. The van der Waals surface area contributed by atoms with Gasteiger partial charge in [0, 0.05) is 37.9 Å². The maximum atomic E-state index is 12.7. The van der Waals surface area contributed by atoms with Crippen molar-refractivity contribution in [2.45, 2.75) is 36.7 Å². The highest BCUT2D eigenvalue weighted by atomic mass is 32.2. The van der Waals surface area contributed by atoms with Gasteiger partial charge in [0.2, 0.25) is 26.0 Å². The third-order valence-electron chi connectivity index (χ3n) is 5.57. The molecule has 174 valence electrons. The Bertz CT molecular complexity index is 967. The number of nitrogens with one attached hydrogen (secondary N) is 2. The van der Waals surface area contributed by atoms with Gasteiger partial charge in [-0.25, -0.2) is 21.6 Å². The minimum atomic E-state index is -3.58. The molecule has 1 amide bonds. The fourth-order valence-corrected chi connectivity index (χ4v) is 6.02. The van der Waals surface area contributed by atoms with Gasteiger partial charge in [0.25, 0.3) is 0 Å². The molecule has 1 aromatic rings. The molecule has 0 spiro atoms. The smallest absolute Gasteiger partial charge is 0.243 e. The van der Waals surface area contributed by atoms with Gasteiger partial charge in [0.05, 0.1) is 30.4 Å². The summed E-state index contributed by atoms with van der Waals surface area (Å²) in [4.78, 5) is 14.8. The molecule has 2 fully saturated rings. The SMILES string of the molecule is CC(C(=O)Nc1ccc(S(=O)(=O)N2CCOCC2)cc1)N1CCC(NS(C)(=O)=O)CC1. The molecule has 1 atom stereocenters. The van der Waals surface area contributed by atoms with Crippen LogP contribution < -0.4 is 10.0 Å². The van der Waals surface area contributed by atoms with Gasteiger partial charge in [-0.3, -0.25) is 9.69 Å². The third-order valence-corrected chi connectivity index (χ3v) is 8.24. The Labute approximate surface area is 184 Å². The standard InChI is InChI=1S/C19H30N4O6S2/c1-15(22-9-7-17(8-10-22)21-30(2,25)26)19(24)20-16-3-5-18(6-4-16)31(27,28)23-11-13-29-14-12-23/h3-6,15,17,21H,7-14H2,1-2H3,(H,20,24). The lowest BCUT2D eigenvalue weighted by atomic mass is 10.0. The van der Waals surface area contributed by atoms with Gasteiger partial charge in [-0.05, 0) is 44.0 Å². The number of carbonyl (C=O) groups is 1. The predicted octanol–water partition coefficient (Wildman–Crippen LogP) is 0.0481. The molecule has 2 aliphatic heterocycles. The molecule has 1 aromatic carbocycles. The van der Waals surface area contributed by atoms with Crippen molar-refractivity contribution >= 4 is 31.6 Å². The van der Waals surface area contributed by atoms with Crippen molar-refractivity contribution in [3.05, 3.63) is 24.3 Å². The van der Waals surface area contributed by atoms with Crippen LogP contribution in [0.15, 0.2) is 29.2 Å². The Kier molecular flexibility index (Phi) is 7.71. The van der Waals surface area contributed by atoms with Crippen molar-refractivity contribution in [3.63, 3.8) is 0 Å². The summed E-state index contributed by atoms with van der Waals surface area (Å²) in [6.45, 7) is 4.44. The van der Waals surface area contributed by atoms with Crippen LogP contribution in [0.4, 0.5) is 5.69 Å². The molecule has 2 aliphatic rings. The highest BCUT2D eigenvalue weighted by Gasteiger charge is 2.28. The molecule has 3 rings (SSSR count). The second-order valence-corrected chi connectivity index (χ2v) is 11.6. The summed E-state index contributed by atoms with van der Waals surface area (Å²) in [5.41, 5.74) is 0.520. The average molecular weight is 475 g/mol. The van der Waals surface area contributed by atoms with E-state index < -0.39 is 26.1 Å².